The second-order valence-corrected chi connectivity index (χ2v) is 8.75. The summed E-state index contributed by atoms with van der Waals surface area (Å²) < 4.78 is 0. The summed E-state index contributed by atoms with van der Waals surface area (Å²) >= 11 is 0. The van der Waals surface area contributed by atoms with Crippen LogP contribution in [0.1, 0.15) is 53.4 Å². The Hall–Kier alpha value is -1.43. The van der Waals surface area contributed by atoms with Gasteiger partial charge in [0.1, 0.15) is 5.78 Å². The van der Waals surface area contributed by atoms with Crippen molar-refractivity contribution in [2.24, 2.45) is 17.3 Å². The van der Waals surface area contributed by atoms with E-state index >= 15 is 0 Å². The van der Waals surface area contributed by atoms with Crippen molar-refractivity contribution >= 4 is 17.6 Å². The molecule has 1 heterocycles. The van der Waals surface area contributed by atoms with Crippen molar-refractivity contribution < 1.29 is 14.4 Å². The van der Waals surface area contributed by atoms with Gasteiger partial charge in [0.05, 0.1) is 0 Å². The Bertz CT molecular complexity index is 519. The van der Waals surface area contributed by atoms with Crippen molar-refractivity contribution in [1.82, 2.24) is 15.1 Å². The number of nitrogens with zero attached hydrogens (tertiary/aromatic N) is 2. The molecule has 0 bridgehead atoms. The van der Waals surface area contributed by atoms with Crippen molar-refractivity contribution in [3.63, 3.8) is 0 Å². The highest BCUT2D eigenvalue weighted by atomic mass is 16.2. The second kappa shape index (κ2) is 8.98. The van der Waals surface area contributed by atoms with Crippen molar-refractivity contribution in [3.05, 3.63) is 0 Å². The molecule has 1 N–H and O–H groups in total. The van der Waals surface area contributed by atoms with Gasteiger partial charge in [-0.25, -0.2) is 0 Å². The van der Waals surface area contributed by atoms with Crippen LogP contribution >= 0.6 is 0 Å². The van der Waals surface area contributed by atoms with E-state index in [4.69, 9.17) is 0 Å². The molecular formula is C20H35N3O3. The number of rotatable bonds is 5. The average molecular weight is 366 g/mol. The number of hydrogen-bond donors (Lipinski definition) is 1. The summed E-state index contributed by atoms with van der Waals surface area (Å²) in [5.74, 6) is 0.0741. The molecule has 2 fully saturated rings. The first-order valence-corrected chi connectivity index (χ1v) is 10.00. The molecule has 26 heavy (non-hydrogen) atoms. The molecule has 148 valence electrons. The van der Waals surface area contributed by atoms with Gasteiger partial charge in [-0.2, -0.15) is 0 Å². The summed E-state index contributed by atoms with van der Waals surface area (Å²) in [5.41, 5.74) is -0.392. The van der Waals surface area contributed by atoms with Gasteiger partial charge < -0.3 is 10.2 Å². The third kappa shape index (κ3) is 5.53. The zero-order valence-corrected chi connectivity index (χ0v) is 16.8. The van der Waals surface area contributed by atoms with Crippen molar-refractivity contribution in [2.45, 2.75) is 53.4 Å². The largest absolute Gasteiger partial charge is 0.355 e. The van der Waals surface area contributed by atoms with Gasteiger partial charge in [0.25, 0.3) is 0 Å². The first-order valence-electron chi connectivity index (χ1n) is 10.00. The summed E-state index contributed by atoms with van der Waals surface area (Å²) in [7, 11) is 0. The Labute approximate surface area is 157 Å². The van der Waals surface area contributed by atoms with Gasteiger partial charge in [0.15, 0.2) is 0 Å². The normalized spacial score (nSPS) is 25.0. The van der Waals surface area contributed by atoms with E-state index in [2.05, 4.69) is 10.2 Å². The average Bonchev–Trinajstić information content (AvgIpc) is 2.60. The van der Waals surface area contributed by atoms with Crippen molar-refractivity contribution in [2.75, 3.05) is 39.3 Å². The van der Waals surface area contributed by atoms with Gasteiger partial charge in [0, 0.05) is 63.4 Å². The number of carbonyl (C=O) groups excluding carboxylic acids is 3. The molecule has 0 radical (unpaired) electrons. The lowest BCUT2D eigenvalue weighted by atomic mass is 9.70. The van der Waals surface area contributed by atoms with Crippen LogP contribution in [0.25, 0.3) is 0 Å². The molecule has 6 nitrogen and oxygen atoms in total. The lowest BCUT2D eigenvalue weighted by Crippen LogP contribution is -2.50. The molecule has 2 unspecified atom stereocenters. The molecule has 2 amide bonds. The van der Waals surface area contributed by atoms with Crippen molar-refractivity contribution in [3.8, 4) is 0 Å². The number of ketones is 1. The van der Waals surface area contributed by atoms with Crippen LogP contribution in [0.5, 0.6) is 0 Å². The van der Waals surface area contributed by atoms with E-state index in [1.165, 1.54) is 0 Å². The Balaban J connectivity index is 1.79. The molecule has 6 heteroatoms. The Morgan fingerprint density at radius 2 is 1.54 bits per heavy atom. The van der Waals surface area contributed by atoms with Gasteiger partial charge in [-0.1, -0.05) is 33.6 Å². The first-order chi connectivity index (χ1) is 12.2. The first kappa shape index (κ1) is 20.9. The summed E-state index contributed by atoms with van der Waals surface area (Å²) in [4.78, 5) is 40.9. The standard InChI is InChI=1S/C20H35N3O3/c1-15(24)23-13-11-22(12-14-23)10-9-21-19(26)17-8-6-5-7-16(17)18(25)20(2,3)4/h16-17H,5-14H2,1-4H3,(H,21,26). The van der Waals surface area contributed by atoms with Crippen LogP contribution < -0.4 is 5.32 Å². The Morgan fingerprint density at radius 3 is 2.08 bits per heavy atom. The summed E-state index contributed by atoms with van der Waals surface area (Å²) in [6.45, 7) is 12.1. The van der Waals surface area contributed by atoms with E-state index in [1.807, 2.05) is 25.7 Å². The predicted octanol–water partition coefficient (Wildman–Crippen LogP) is 1.69. The van der Waals surface area contributed by atoms with Gasteiger partial charge in [-0.15, -0.1) is 0 Å². The third-order valence-electron chi connectivity index (χ3n) is 5.72. The quantitative estimate of drug-likeness (QED) is 0.805. The van der Waals surface area contributed by atoms with Gasteiger partial charge >= 0.3 is 0 Å². The van der Waals surface area contributed by atoms with Crippen LogP contribution in [0.15, 0.2) is 0 Å². The zero-order valence-electron chi connectivity index (χ0n) is 16.8. The topological polar surface area (TPSA) is 69.7 Å². The molecule has 2 aliphatic rings. The van der Waals surface area contributed by atoms with Crippen molar-refractivity contribution in [1.29, 1.82) is 0 Å². The minimum Gasteiger partial charge on any atom is -0.355 e. The number of piperazine rings is 1. The SMILES string of the molecule is CC(=O)N1CCN(CCNC(=O)C2CCCCC2C(=O)C(C)(C)C)CC1. The molecule has 1 saturated carbocycles. The smallest absolute Gasteiger partial charge is 0.223 e. The van der Waals surface area contributed by atoms with Crippen LogP contribution in [0.4, 0.5) is 0 Å². The molecule has 1 aliphatic heterocycles. The van der Waals surface area contributed by atoms with E-state index in [9.17, 15) is 14.4 Å². The van der Waals surface area contributed by atoms with E-state index in [0.29, 0.717) is 6.54 Å². The minimum absolute atomic E-state index is 0.0367. The maximum atomic E-state index is 12.7. The predicted molar refractivity (Wildman–Crippen MR) is 102 cm³/mol. The number of carbonyl (C=O) groups is 3. The highest BCUT2D eigenvalue weighted by molar-refractivity contribution is 5.91. The summed E-state index contributed by atoms with van der Waals surface area (Å²) in [6, 6.07) is 0. The fraction of sp³-hybridized carbons (Fsp3) is 0.850. The van der Waals surface area contributed by atoms with Crippen LogP contribution in [0, 0.1) is 17.3 Å². The zero-order chi connectivity index (χ0) is 19.3. The third-order valence-corrected chi connectivity index (χ3v) is 5.72. The van der Waals surface area contributed by atoms with Crippen LogP contribution in [-0.2, 0) is 14.4 Å². The van der Waals surface area contributed by atoms with Gasteiger partial charge in [0.2, 0.25) is 11.8 Å². The molecule has 0 spiro atoms. The lowest BCUT2D eigenvalue weighted by Gasteiger charge is -2.35. The minimum atomic E-state index is -0.392. The van der Waals surface area contributed by atoms with Crippen LogP contribution in [0.2, 0.25) is 0 Å². The fourth-order valence-corrected chi connectivity index (χ4v) is 4.07. The number of Topliss-reactive ketones (excluding diaryl/α,β-unsaturated/α-hetero) is 1. The van der Waals surface area contributed by atoms with E-state index < -0.39 is 5.41 Å². The highest BCUT2D eigenvalue weighted by Crippen LogP contribution is 2.35. The molecular weight excluding hydrogens is 330 g/mol. The number of amides is 2. The van der Waals surface area contributed by atoms with Crippen LogP contribution in [-0.4, -0.2) is 66.7 Å². The van der Waals surface area contributed by atoms with E-state index in [1.54, 1.807) is 6.92 Å². The summed E-state index contributed by atoms with van der Waals surface area (Å²) in [5, 5.41) is 3.06. The Morgan fingerprint density at radius 1 is 0.962 bits per heavy atom. The van der Waals surface area contributed by atoms with Gasteiger partial charge in [-0.05, 0) is 12.8 Å². The molecule has 1 aliphatic carbocycles. The molecule has 0 aromatic heterocycles. The van der Waals surface area contributed by atoms with Gasteiger partial charge in [-0.3, -0.25) is 19.3 Å². The lowest BCUT2D eigenvalue weighted by molar-refractivity contribution is -0.139. The fourth-order valence-electron chi connectivity index (χ4n) is 4.07. The van der Waals surface area contributed by atoms with E-state index in [-0.39, 0.29) is 29.4 Å². The van der Waals surface area contributed by atoms with Crippen LogP contribution in [0.3, 0.4) is 0 Å². The number of nitrogens with one attached hydrogen (secondary N) is 1. The molecule has 0 aromatic carbocycles. The highest BCUT2D eigenvalue weighted by Gasteiger charge is 2.39. The maximum Gasteiger partial charge on any atom is 0.223 e. The molecule has 1 saturated heterocycles. The monoisotopic (exact) mass is 365 g/mol. The summed E-state index contributed by atoms with van der Waals surface area (Å²) in [6.07, 6.45) is 3.71. The maximum absolute atomic E-state index is 12.7. The Kier molecular flexibility index (Phi) is 7.21. The molecule has 0 aromatic rings. The molecule has 2 rings (SSSR count). The van der Waals surface area contributed by atoms with E-state index in [0.717, 1.165) is 58.4 Å². The molecule has 2 atom stereocenters. The second-order valence-electron chi connectivity index (χ2n) is 8.75. The number of hydrogen-bond acceptors (Lipinski definition) is 4.